The Bertz CT molecular complexity index is 952. The second-order valence-electron chi connectivity index (χ2n) is 11.6. The molecule has 2 aromatic heterocycles. The molecule has 0 unspecified atom stereocenters. The monoisotopic (exact) mass is 602 g/mol. The van der Waals surface area contributed by atoms with Crippen LogP contribution in [-0.4, -0.2) is 74.4 Å². The lowest BCUT2D eigenvalue weighted by Gasteiger charge is -2.37. The summed E-state index contributed by atoms with van der Waals surface area (Å²) in [6.45, 7) is 12.7. The van der Waals surface area contributed by atoms with Gasteiger partial charge in [-0.15, -0.1) is 22.7 Å². The minimum Gasteiger partial charge on any atom is -0.444 e. The Labute approximate surface area is 246 Å². The van der Waals surface area contributed by atoms with Gasteiger partial charge in [-0.05, 0) is 41.5 Å². The van der Waals surface area contributed by atoms with Crippen LogP contribution < -0.4 is 0 Å². The van der Waals surface area contributed by atoms with Crippen molar-refractivity contribution in [1.82, 2.24) is 19.8 Å². The van der Waals surface area contributed by atoms with Gasteiger partial charge in [-0.3, -0.25) is 0 Å². The van der Waals surface area contributed by atoms with E-state index in [0.29, 0.717) is 44.0 Å². The molecule has 0 spiro atoms. The van der Waals surface area contributed by atoms with E-state index in [-0.39, 0.29) is 39.9 Å². The summed E-state index contributed by atoms with van der Waals surface area (Å²) in [4.78, 5) is 35.2. The number of rotatable bonds is 2. The lowest BCUT2D eigenvalue weighted by molar-refractivity contribution is -0.0357. The van der Waals surface area contributed by atoms with Crippen molar-refractivity contribution in [3.8, 4) is 0 Å². The van der Waals surface area contributed by atoms with Gasteiger partial charge in [0.2, 0.25) is 0 Å². The Morgan fingerprint density at radius 1 is 0.800 bits per heavy atom. The molecule has 0 aliphatic carbocycles. The molecule has 4 heterocycles. The molecule has 2 aromatic rings. The number of alkyl halides is 1. The van der Waals surface area contributed by atoms with E-state index in [1.165, 1.54) is 22.7 Å². The zero-order valence-electron chi connectivity index (χ0n) is 23.0. The highest BCUT2D eigenvalue weighted by atomic mass is 32.1. The summed E-state index contributed by atoms with van der Waals surface area (Å²) < 4.78 is 25.3. The summed E-state index contributed by atoms with van der Waals surface area (Å²) in [6, 6.07) is 0. The fourth-order valence-electron chi connectivity index (χ4n) is 4.08. The van der Waals surface area contributed by atoms with Gasteiger partial charge in [0, 0.05) is 75.0 Å². The average molecular weight is 603 g/mol. The zero-order valence-corrected chi connectivity index (χ0v) is 24.7. The zero-order chi connectivity index (χ0) is 28.2. The summed E-state index contributed by atoms with van der Waals surface area (Å²) in [5, 5.41) is 15.4. The van der Waals surface area contributed by atoms with Gasteiger partial charge < -0.3 is 24.4 Å². The van der Waals surface area contributed by atoms with Crippen molar-refractivity contribution in [1.29, 1.82) is 0 Å². The van der Waals surface area contributed by atoms with Crippen LogP contribution in [-0.2, 0) is 20.7 Å². The molecule has 40 heavy (non-hydrogen) atoms. The second kappa shape index (κ2) is 14.0. The Kier molecular flexibility index (Phi) is 12.5. The number of amides is 2. The summed E-state index contributed by atoms with van der Waals surface area (Å²) in [5.41, 5.74) is -3.30. The molecule has 0 saturated carbocycles. The van der Waals surface area contributed by atoms with E-state index >= 15 is 0 Å². The number of ether oxygens (including phenoxy) is 2. The van der Waals surface area contributed by atoms with Crippen molar-refractivity contribution in [2.24, 2.45) is 0 Å². The first-order valence-corrected chi connectivity index (χ1v) is 14.5. The number of carbonyl (C=O) groups is 2. The van der Waals surface area contributed by atoms with E-state index in [9.17, 15) is 19.1 Å². The van der Waals surface area contributed by atoms with Gasteiger partial charge in [-0.1, -0.05) is 14.9 Å². The molecular formula is C28H47FN4O5S2. The van der Waals surface area contributed by atoms with Crippen LogP contribution in [0.2, 0.25) is 0 Å². The first-order valence-electron chi connectivity index (χ1n) is 12.8. The van der Waals surface area contributed by atoms with Crippen LogP contribution >= 0.6 is 22.7 Å². The minimum absolute atomic E-state index is 0. The highest BCUT2D eigenvalue weighted by molar-refractivity contribution is 7.09. The van der Waals surface area contributed by atoms with Crippen LogP contribution in [0, 0.1) is 0 Å². The van der Waals surface area contributed by atoms with Crippen molar-refractivity contribution in [3.63, 3.8) is 0 Å². The van der Waals surface area contributed by atoms with Gasteiger partial charge in [0.25, 0.3) is 0 Å². The molecule has 9 nitrogen and oxygen atoms in total. The maximum absolute atomic E-state index is 14.7. The van der Waals surface area contributed by atoms with Crippen molar-refractivity contribution < 1.29 is 28.6 Å². The molecule has 0 atom stereocenters. The molecule has 0 radical (unpaired) electrons. The molecule has 0 aromatic carbocycles. The van der Waals surface area contributed by atoms with Crippen LogP contribution in [0.3, 0.4) is 0 Å². The van der Waals surface area contributed by atoms with E-state index in [2.05, 4.69) is 9.97 Å². The second-order valence-corrected chi connectivity index (χ2v) is 13.4. The van der Waals surface area contributed by atoms with E-state index in [4.69, 9.17) is 9.47 Å². The van der Waals surface area contributed by atoms with E-state index in [1.807, 2.05) is 46.9 Å². The third kappa shape index (κ3) is 9.95. The van der Waals surface area contributed by atoms with Gasteiger partial charge in [0.1, 0.15) is 26.8 Å². The highest BCUT2D eigenvalue weighted by Gasteiger charge is 2.41. The molecule has 1 N–H and O–H groups in total. The third-order valence-electron chi connectivity index (χ3n) is 6.10. The molecule has 2 aliphatic heterocycles. The van der Waals surface area contributed by atoms with Gasteiger partial charge in [0.05, 0.1) is 0 Å². The molecule has 2 aliphatic rings. The maximum atomic E-state index is 14.7. The van der Waals surface area contributed by atoms with Crippen LogP contribution in [0.4, 0.5) is 14.0 Å². The quantitative estimate of drug-likeness (QED) is 0.396. The summed E-state index contributed by atoms with van der Waals surface area (Å²) in [7, 11) is 0. The van der Waals surface area contributed by atoms with E-state index in [0.717, 1.165) is 5.01 Å². The van der Waals surface area contributed by atoms with Crippen molar-refractivity contribution >= 4 is 34.9 Å². The SMILES string of the molecule is C.C.CC(C)(C)OC(=O)N1CCC(F)(c2nccs2)CC1.CC(C)(C)OC(=O)N1CCC(O)(c2nccs2)CC1. The standard InChI is InChI=1S/C13H19FN2O2S.C13H20N2O3S.2CH4/c1-12(2,3)18-11(17)16-7-4-13(14,5-8-16)10-15-6-9-19-10;1-12(2,3)18-11(16)15-7-4-13(17,5-8-15)10-14-6-9-19-10;;/h6,9H,4-5,7-8H2,1-3H3;6,9,17H,4-5,7-8H2,1-3H3;2*1H4. The summed E-state index contributed by atoms with van der Waals surface area (Å²) >= 11 is 2.78. The third-order valence-corrected chi connectivity index (χ3v) is 8.01. The van der Waals surface area contributed by atoms with Crippen molar-refractivity contribution in [2.45, 2.75) is 105 Å². The number of piperidine rings is 2. The minimum atomic E-state index is -1.40. The normalized spacial score (nSPS) is 18.3. The predicted octanol–water partition coefficient (Wildman–Crippen LogP) is 6.97. The number of hydrogen-bond acceptors (Lipinski definition) is 9. The average Bonchev–Trinajstić information content (AvgIpc) is 3.53. The molecule has 2 saturated heterocycles. The first-order chi connectivity index (χ1) is 17.6. The number of hydrogen-bond donors (Lipinski definition) is 1. The first kappa shape index (κ1) is 35.7. The number of aromatic nitrogens is 2. The molecular weight excluding hydrogens is 555 g/mol. The molecule has 2 amide bonds. The van der Waals surface area contributed by atoms with E-state index in [1.54, 1.807) is 27.6 Å². The number of nitrogens with zero attached hydrogens (tertiary/aromatic N) is 4. The Morgan fingerprint density at radius 2 is 1.18 bits per heavy atom. The summed E-state index contributed by atoms with van der Waals surface area (Å²) in [5.74, 6) is 0. The Morgan fingerprint density at radius 3 is 1.52 bits per heavy atom. The number of likely N-dealkylation sites (tertiary alicyclic amines) is 2. The molecule has 4 rings (SSSR count). The van der Waals surface area contributed by atoms with Crippen LogP contribution in [0.15, 0.2) is 23.2 Å². The number of halogens is 1. The van der Waals surface area contributed by atoms with E-state index < -0.39 is 22.5 Å². The van der Waals surface area contributed by atoms with Crippen LogP contribution in [0.5, 0.6) is 0 Å². The van der Waals surface area contributed by atoms with Gasteiger partial charge in [-0.2, -0.15) is 0 Å². The lowest BCUT2D eigenvalue weighted by Crippen LogP contribution is -2.46. The molecule has 228 valence electrons. The van der Waals surface area contributed by atoms with Gasteiger partial charge in [0.15, 0.2) is 5.67 Å². The molecule has 2 fully saturated rings. The summed E-state index contributed by atoms with van der Waals surface area (Å²) in [6.07, 6.45) is 4.18. The van der Waals surface area contributed by atoms with Crippen LogP contribution in [0.25, 0.3) is 0 Å². The van der Waals surface area contributed by atoms with Crippen molar-refractivity contribution in [3.05, 3.63) is 33.2 Å². The van der Waals surface area contributed by atoms with Crippen LogP contribution in [0.1, 0.15) is 92.1 Å². The van der Waals surface area contributed by atoms with Gasteiger partial charge >= 0.3 is 12.2 Å². The molecule has 12 heteroatoms. The largest absolute Gasteiger partial charge is 0.444 e. The number of carbonyl (C=O) groups excluding carboxylic acids is 2. The lowest BCUT2D eigenvalue weighted by atomic mass is 9.92. The maximum Gasteiger partial charge on any atom is 0.410 e. The fourth-order valence-corrected chi connectivity index (χ4v) is 5.67. The predicted molar refractivity (Wildman–Crippen MR) is 158 cm³/mol. The topological polar surface area (TPSA) is 105 Å². The smallest absolute Gasteiger partial charge is 0.410 e. The number of aliphatic hydroxyl groups is 1. The van der Waals surface area contributed by atoms with Crippen molar-refractivity contribution in [2.75, 3.05) is 26.2 Å². The number of thiazole rings is 2. The Balaban J connectivity index is 0.000000381. The highest BCUT2D eigenvalue weighted by Crippen LogP contribution is 2.38. The van der Waals surface area contributed by atoms with Gasteiger partial charge in [-0.25, -0.2) is 23.9 Å². The Hall–Kier alpha value is -2.31. The molecule has 0 bridgehead atoms. The fraction of sp³-hybridized carbons (Fsp3) is 0.714.